The summed E-state index contributed by atoms with van der Waals surface area (Å²) in [6.45, 7) is 5.48. The lowest BCUT2D eigenvalue weighted by Gasteiger charge is -2.24. The van der Waals surface area contributed by atoms with Crippen molar-refractivity contribution in [3.8, 4) is 0 Å². The first kappa shape index (κ1) is 19.1. The summed E-state index contributed by atoms with van der Waals surface area (Å²) >= 11 is 0. The van der Waals surface area contributed by atoms with Gasteiger partial charge in [0.25, 0.3) is 0 Å². The van der Waals surface area contributed by atoms with Crippen LogP contribution in [-0.2, 0) is 4.79 Å². The molecule has 2 atom stereocenters. The quantitative estimate of drug-likeness (QED) is 0.772. The van der Waals surface area contributed by atoms with Crippen LogP contribution in [0.15, 0.2) is 18.5 Å². The number of carbonyl (C=O) groups is 2. The number of aromatic nitrogens is 1. The molecule has 2 heterocycles. The molecule has 0 bridgehead atoms. The summed E-state index contributed by atoms with van der Waals surface area (Å²) in [7, 11) is 0. The highest BCUT2D eigenvalue weighted by atomic mass is 16.4. The summed E-state index contributed by atoms with van der Waals surface area (Å²) in [5.41, 5.74) is 1.10. The van der Waals surface area contributed by atoms with Crippen molar-refractivity contribution < 1.29 is 19.8 Å². The predicted octanol–water partition coefficient (Wildman–Crippen LogP) is 2.04. The van der Waals surface area contributed by atoms with Gasteiger partial charge in [-0.15, -0.1) is 0 Å². The Morgan fingerprint density at radius 3 is 2.33 bits per heavy atom. The van der Waals surface area contributed by atoms with Gasteiger partial charge in [-0.1, -0.05) is 14.4 Å². The Balaban J connectivity index is 0.000000364. The molecule has 1 aromatic rings. The highest BCUT2D eigenvalue weighted by molar-refractivity contribution is 5.87. The molecule has 6 nitrogen and oxygen atoms in total. The minimum Gasteiger partial charge on any atom is -0.481 e. The highest BCUT2D eigenvalue weighted by Crippen LogP contribution is 2.15. The molecular formula is C15H24N2O4. The molecule has 1 fully saturated rings. The second kappa shape index (κ2) is 9.07. The first-order chi connectivity index (χ1) is 9.40. The molecule has 2 unspecified atom stereocenters. The van der Waals surface area contributed by atoms with E-state index in [2.05, 4.69) is 17.2 Å². The maximum absolute atomic E-state index is 10.5. The fraction of sp³-hybridized carbons (Fsp3) is 0.533. The summed E-state index contributed by atoms with van der Waals surface area (Å²) in [6.07, 6.45) is 3.77. The van der Waals surface area contributed by atoms with Crippen LogP contribution in [0.1, 0.15) is 36.7 Å². The van der Waals surface area contributed by atoms with E-state index in [1.807, 2.05) is 0 Å². The number of aliphatic carboxylic acids is 1. The molecule has 1 aromatic heterocycles. The molecule has 1 aliphatic heterocycles. The lowest BCUT2D eigenvalue weighted by Crippen LogP contribution is -2.38. The highest BCUT2D eigenvalue weighted by Gasteiger charge is 2.23. The van der Waals surface area contributed by atoms with Crippen LogP contribution in [-0.4, -0.2) is 40.2 Å². The number of carboxylic acid groups (broad SMARTS) is 2. The minimum atomic E-state index is -0.934. The lowest BCUT2D eigenvalue weighted by molar-refractivity contribution is -0.142. The number of aromatic carboxylic acids is 1. The van der Waals surface area contributed by atoms with Gasteiger partial charge in [-0.2, -0.15) is 0 Å². The largest absolute Gasteiger partial charge is 0.481 e. The second-order valence-electron chi connectivity index (χ2n) is 5.09. The van der Waals surface area contributed by atoms with Gasteiger partial charge in [0.2, 0.25) is 0 Å². The number of pyridine rings is 1. The molecule has 0 saturated carbocycles. The van der Waals surface area contributed by atoms with E-state index in [0.29, 0.717) is 12.5 Å². The zero-order valence-corrected chi connectivity index (χ0v) is 11.7. The second-order valence-corrected chi connectivity index (χ2v) is 5.09. The summed E-state index contributed by atoms with van der Waals surface area (Å²) in [5.74, 6) is -1.26. The van der Waals surface area contributed by atoms with Gasteiger partial charge in [-0.25, -0.2) is 4.79 Å². The monoisotopic (exact) mass is 296 g/mol. The van der Waals surface area contributed by atoms with E-state index in [4.69, 9.17) is 10.2 Å². The maximum Gasteiger partial charge on any atom is 0.337 e. The number of piperidine rings is 1. The summed E-state index contributed by atoms with van der Waals surface area (Å²) in [6, 6.07) is 1.58. The zero-order valence-electron chi connectivity index (χ0n) is 11.7. The van der Waals surface area contributed by atoms with E-state index in [1.54, 1.807) is 19.2 Å². The molecule has 0 amide bonds. The third-order valence-electron chi connectivity index (χ3n) is 3.04. The number of rotatable bonds is 2. The van der Waals surface area contributed by atoms with E-state index in [0.717, 1.165) is 18.5 Å². The fourth-order valence-electron chi connectivity index (χ4n) is 2.02. The van der Waals surface area contributed by atoms with Gasteiger partial charge in [0, 0.05) is 18.9 Å². The molecule has 0 aliphatic carbocycles. The number of nitrogens with zero attached hydrogens (tertiary/aromatic N) is 1. The van der Waals surface area contributed by atoms with Crippen molar-refractivity contribution in [2.24, 2.45) is 11.8 Å². The molecule has 3 N–H and O–H groups in total. The van der Waals surface area contributed by atoms with Crippen LogP contribution in [0.5, 0.6) is 0 Å². The Hall–Kier alpha value is -1.95. The van der Waals surface area contributed by atoms with E-state index >= 15 is 0 Å². The third kappa shape index (κ3) is 6.85. The SMILES string of the molecule is C.CC1CNCC(C(=O)O)C1.Cc1cncc(C(=O)O)c1. The molecule has 21 heavy (non-hydrogen) atoms. The smallest absolute Gasteiger partial charge is 0.337 e. The average molecular weight is 296 g/mol. The predicted molar refractivity (Wildman–Crippen MR) is 80.4 cm³/mol. The average Bonchev–Trinajstić information content (AvgIpc) is 2.39. The van der Waals surface area contributed by atoms with Crippen LogP contribution in [0.3, 0.4) is 0 Å². The van der Waals surface area contributed by atoms with Crippen LogP contribution >= 0.6 is 0 Å². The number of hydrogen-bond acceptors (Lipinski definition) is 4. The molecule has 2 rings (SSSR count). The molecule has 1 saturated heterocycles. The lowest BCUT2D eigenvalue weighted by atomic mass is 9.92. The fourth-order valence-corrected chi connectivity index (χ4v) is 2.02. The van der Waals surface area contributed by atoms with Gasteiger partial charge >= 0.3 is 11.9 Å². The molecular weight excluding hydrogens is 272 g/mol. The summed E-state index contributed by atoms with van der Waals surface area (Å²) in [5, 5.41) is 20.2. The van der Waals surface area contributed by atoms with Crippen molar-refractivity contribution in [2.45, 2.75) is 27.7 Å². The standard InChI is InChI=1S/C7H13NO2.C7H7NO2.CH4/c2*1-5-2-6(7(9)10)4-8-3-5;/h5-6,8H,2-4H2,1H3,(H,9,10);2-4H,1H3,(H,9,10);1H4. The van der Waals surface area contributed by atoms with Gasteiger partial charge in [0.15, 0.2) is 0 Å². The summed E-state index contributed by atoms with van der Waals surface area (Å²) < 4.78 is 0. The normalized spacial score (nSPS) is 20.5. The first-order valence-corrected chi connectivity index (χ1v) is 6.48. The Labute approximate surface area is 125 Å². The molecule has 6 heteroatoms. The number of carboxylic acids is 2. The van der Waals surface area contributed by atoms with Crippen molar-refractivity contribution in [1.29, 1.82) is 0 Å². The van der Waals surface area contributed by atoms with Crippen molar-refractivity contribution in [1.82, 2.24) is 10.3 Å². The van der Waals surface area contributed by atoms with Crippen molar-refractivity contribution in [2.75, 3.05) is 13.1 Å². The van der Waals surface area contributed by atoms with Crippen LogP contribution in [0, 0.1) is 18.8 Å². The van der Waals surface area contributed by atoms with Gasteiger partial charge in [-0.3, -0.25) is 9.78 Å². The van der Waals surface area contributed by atoms with Crippen molar-refractivity contribution >= 4 is 11.9 Å². The van der Waals surface area contributed by atoms with Crippen molar-refractivity contribution in [3.05, 3.63) is 29.6 Å². The Bertz CT molecular complexity index is 476. The Morgan fingerprint density at radius 2 is 1.95 bits per heavy atom. The Kier molecular flexibility index (Phi) is 8.23. The van der Waals surface area contributed by atoms with E-state index < -0.39 is 11.9 Å². The van der Waals surface area contributed by atoms with E-state index in [1.165, 1.54) is 6.20 Å². The van der Waals surface area contributed by atoms with Gasteiger partial charge in [0.05, 0.1) is 11.5 Å². The van der Waals surface area contributed by atoms with Crippen LogP contribution < -0.4 is 5.32 Å². The Morgan fingerprint density at radius 1 is 1.29 bits per heavy atom. The van der Waals surface area contributed by atoms with E-state index in [9.17, 15) is 9.59 Å². The molecule has 0 spiro atoms. The maximum atomic E-state index is 10.5. The number of hydrogen-bond donors (Lipinski definition) is 3. The van der Waals surface area contributed by atoms with Crippen LogP contribution in [0.4, 0.5) is 0 Å². The molecule has 0 radical (unpaired) electrons. The number of aryl methyl sites for hydroxylation is 1. The van der Waals surface area contributed by atoms with Gasteiger partial charge < -0.3 is 15.5 Å². The summed E-state index contributed by atoms with van der Waals surface area (Å²) in [4.78, 5) is 24.5. The molecule has 118 valence electrons. The molecule has 0 aromatic carbocycles. The first-order valence-electron chi connectivity index (χ1n) is 6.48. The van der Waals surface area contributed by atoms with Gasteiger partial charge in [0.1, 0.15) is 0 Å². The van der Waals surface area contributed by atoms with Crippen LogP contribution in [0.25, 0.3) is 0 Å². The van der Waals surface area contributed by atoms with Gasteiger partial charge in [-0.05, 0) is 37.4 Å². The topological polar surface area (TPSA) is 99.5 Å². The van der Waals surface area contributed by atoms with Crippen LogP contribution in [0.2, 0.25) is 0 Å². The zero-order chi connectivity index (χ0) is 15.1. The third-order valence-corrected chi connectivity index (χ3v) is 3.04. The van der Waals surface area contributed by atoms with Crippen molar-refractivity contribution in [3.63, 3.8) is 0 Å². The number of nitrogens with one attached hydrogen (secondary N) is 1. The van der Waals surface area contributed by atoms with E-state index in [-0.39, 0.29) is 18.9 Å². The molecule has 1 aliphatic rings. The minimum absolute atomic E-state index is 0.